The smallest absolute Gasteiger partial charge is 0.178 e. The van der Waals surface area contributed by atoms with Crippen molar-refractivity contribution in [2.45, 2.75) is 70.5 Å². The van der Waals surface area contributed by atoms with Crippen molar-refractivity contribution < 1.29 is 14.2 Å². The maximum atomic E-state index is 6.16. The second kappa shape index (κ2) is 8.08. The van der Waals surface area contributed by atoms with E-state index in [-0.39, 0.29) is 18.0 Å². The van der Waals surface area contributed by atoms with Crippen molar-refractivity contribution in [2.24, 2.45) is 5.41 Å². The first-order chi connectivity index (χ1) is 16.0. The van der Waals surface area contributed by atoms with Crippen molar-refractivity contribution in [3.63, 3.8) is 0 Å². The van der Waals surface area contributed by atoms with Gasteiger partial charge < -0.3 is 14.2 Å². The minimum absolute atomic E-state index is 0.0520. The lowest BCUT2D eigenvalue weighted by Crippen LogP contribution is -2.52. The molecule has 8 heteroatoms. The largest absolute Gasteiger partial charge is 0.488 e. The van der Waals surface area contributed by atoms with Crippen LogP contribution in [0.1, 0.15) is 51.5 Å². The Kier molecular flexibility index (Phi) is 5.17. The van der Waals surface area contributed by atoms with Crippen LogP contribution in [0.5, 0.6) is 5.75 Å². The van der Waals surface area contributed by atoms with E-state index in [1.807, 2.05) is 12.3 Å². The Morgan fingerprint density at radius 3 is 2.79 bits per heavy atom. The first kappa shape index (κ1) is 21.1. The fraction of sp³-hybridized carbons (Fsp3) is 0.640. The number of likely N-dealkylation sites (tertiary alicyclic amines) is 1. The predicted molar refractivity (Wildman–Crippen MR) is 121 cm³/mol. The Labute approximate surface area is 194 Å². The lowest BCUT2D eigenvalue weighted by molar-refractivity contribution is -0.123. The highest BCUT2D eigenvalue weighted by molar-refractivity contribution is 5.63. The molecule has 6 rings (SSSR count). The minimum atomic E-state index is -0.273. The molecular weight excluding hydrogens is 418 g/mol. The maximum absolute atomic E-state index is 6.16. The topological polar surface area (TPSA) is 74.5 Å². The lowest BCUT2D eigenvalue weighted by Gasteiger charge is -2.44. The summed E-state index contributed by atoms with van der Waals surface area (Å²) in [5, 5.41) is 8.63. The molecule has 4 heterocycles. The second-order valence-electron chi connectivity index (χ2n) is 10.7. The summed E-state index contributed by atoms with van der Waals surface area (Å²) in [6.07, 6.45) is 9.20. The SMILES string of the molecule is CC1(C)CN(CC#Cc2cnc(-c3cn(CC4OCC5(CCC5)O4)nn3)c(OC3CC3)c2)C1. The molecule has 2 saturated carbocycles. The van der Waals surface area contributed by atoms with Crippen molar-refractivity contribution in [3.05, 3.63) is 24.0 Å². The van der Waals surface area contributed by atoms with Crippen molar-refractivity contribution in [1.82, 2.24) is 24.9 Å². The van der Waals surface area contributed by atoms with Gasteiger partial charge in [0.25, 0.3) is 0 Å². The van der Waals surface area contributed by atoms with Gasteiger partial charge in [0, 0.05) is 24.8 Å². The maximum Gasteiger partial charge on any atom is 0.178 e. The van der Waals surface area contributed by atoms with Crippen LogP contribution in [-0.4, -0.2) is 69.1 Å². The molecule has 0 radical (unpaired) electrons. The van der Waals surface area contributed by atoms with E-state index >= 15 is 0 Å². The third-order valence-corrected chi connectivity index (χ3v) is 6.81. The van der Waals surface area contributed by atoms with Crippen LogP contribution in [0.15, 0.2) is 18.5 Å². The van der Waals surface area contributed by atoms with Crippen molar-refractivity contribution >= 4 is 0 Å². The van der Waals surface area contributed by atoms with Crippen molar-refractivity contribution in [1.29, 1.82) is 0 Å². The second-order valence-corrected chi connectivity index (χ2v) is 10.7. The van der Waals surface area contributed by atoms with E-state index in [1.165, 1.54) is 6.42 Å². The molecular formula is C25H31N5O3. The van der Waals surface area contributed by atoms with Gasteiger partial charge in [-0.3, -0.25) is 4.90 Å². The Balaban J connectivity index is 1.14. The van der Waals surface area contributed by atoms with Crippen LogP contribution in [0.2, 0.25) is 0 Å². The van der Waals surface area contributed by atoms with E-state index in [0.29, 0.717) is 30.0 Å². The number of nitrogens with zero attached hydrogens (tertiary/aromatic N) is 5. The molecule has 2 aliphatic carbocycles. The first-order valence-corrected chi connectivity index (χ1v) is 12.0. The summed E-state index contributed by atoms with van der Waals surface area (Å²) in [6.45, 7) is 8.75. The zero-order chi connectivity index (χ0) is 22.5. The number of rotatable bonds is 6. The molecule has 8 nitrogen and oxygen atoms in total. The number of pyridine rings is 1. The standard InChI is InChI=1S/C25H31N5O3/c1-24(2)15-29(16-24)10-3-5-18-11-21(32-19-6-7-19)23(26-12-18)20-13-30(28-27-20)14-22-31-17-25(33-22)8-4-9-25/h11-13,19,22H,4,6-10,14-17H2,1-2H3. The van der Waals surface area contributed by atoms with E-state index in [2.05, 4.69) is 45.9 Å². The van der Waals surface area contributed by atoms with E-state index in [4.69, 9.17) is 14.2 Å². The summed E-state index contributed by atoms with van der Waals surface area (Å²) in [7, 11) is 0. The molecule has 174 valence electrons. The van der Waals surface area contributed by atoms with Gasteiger partial charge in [-0.2, -0.15) is 0 Å². The van der Waals surface area contributed by atoms with Crippen LogP contribution >= 0.6 is 0 Å². The fourth-order valence-corrected chi connectivity index (χ4v) is 4.85. The third kappa shape index (κ3) is 4.63. The molecule has 0 N–H and O–H groups in total. The number of aromatic nitrogens is 4. The van der Waals surface area contributed by atoms with Crippen LogP contribution in [0.4, 0.5) is 0 Å². The first-order valence-electron chi connectivity index (χ1n) is 12.0. The van der Waals surface area contributed by atoms with Gasteiger partial charge in [-0.15, -0.1) is 5.10 Å². The normalized spacial score (nSPS) is 25.2. The average Bonchev–Trinajstić information content (AvgIpc) is 3.25. The molecule has 1 unspecified atom stereocenters. The van der Waals surface area contributed by atoms with Gasteiger partial charge in [0.2, 0.25) is 0 Å². The highest BCUT2D eigenvalue weighted by Gasteiger charge is 2.46. The Morgan fingerprint density at radius 1 is 1.24 bits per heavy atom. The summed E-state index contributed by atoms with van der Waals surface area (Å²) >= 11 is 0. The number of ether oxygens (including phenoxy) is 3. The third-order valence-electron chi connectivity index (χ3n) is 6.81. The fourth-order valence-electron chi connectivity index (χ4n) is 4.85. The van der Waals surface area contributed by atoms with Gasteiger partial charge in [-0.25, -0.2) is 9.67 Å². The van der Waals surface area contributed by atoms with Crippen molar-refractivity contribution in [3.8, 4) is 29.0 Å². The van der Waals surface area contributed by atoms with Crippen LogP contribution in [0.3, 0.4) is 0 Å². The minimum Gasteiger partial charge on any atom is -0.488 e. The van der Waals surface area contributed by atoms with Gasteiger partial charge in [-0.05, 0) is 43.6 Å². The lowest BCUT2D eigenvalue weighted by atomic mass is 9.81. The predicted octanol–water partition coefficient (Wildman–Crippen LogP) is 2.87. The molecule has 2 aromatic rings. The van der Waals surface area contributed by atoms with Gasteiger partial charge in [0.05, 0.1) is 37.6 Å². The zero-order valence-corrected chi connectivity index (χ0v) is 19.4. The van der Waals surface area contributed by atoms with Crippen LogP contribution in [-0.2, 0) is 16.0 Å². The molecule has 0 bridgehead atoms. The Hall–Kier alpha value is -2.47. The van der Waals surface area contributed by atoms with E-state index in [9.17, 15) is 0 Å². The molecule has 1 spiro atoms. The summed E-state index contributed by atoms with van der Waals surface area (Å²) in [6, 6.07) is 1.98. The molecule has 2 saturated heterocycles. The van der Waals surface area contributed by atoms with Gasteiger partial charge in [-0.1, -0.05) is 30.9 Å². The molecule has 4 fully saturated rings. The molecule has 2 aliphatic heterocycles. The number of hydrogen-bond acceptors (Lipinski definition) is 7. The Bertz CT molecular complexity index is 1080. The van der Waals surface area contributed by atoms with Gasteiger partial charge >= 0.3 is 0 Å². The number of hydrogen-bond donors (Lipinski definition) is 0. The van der Waals surface area contributed by atoms with Crippen LogP contribution in [0, 0.1) is 17.3 Å². The molecule has 4 aliphatic rings. The molecule has 0 amide bonds. The summed E-state index contributed by atoms with van der Waals surface area (Å²) in [5.41, 5.74) is 2.61. The van der Waals surface area contributed by atoms with Crippen molar-refractivity contribution in [2.75, 3.05) is 26.2 Å². The van der Waals surface area contributed by atoms with E-state index in [1.54, 1.807) is 10.9 Å². The van der Waals surface area contributed by atoms with E-state index < -0.39 is 0 Å². The zero-order valence-electron chi connectivity index (χ0n) is 19.4. The quantitative estimate of drug-likeness (QED) is 0.628. The Morgan fingerprint density at radius 2 is 2.09 bits per heavy atom. The molecule has 33 heavy (non-hydrogen) atoms. The van der Waals surface area contributed by atoms with Gasteiger partial charge in [0.15, 0.2) is 6.29 Å². The molecule has 1 atom stereocenters. The van der Waals surface area contributed by atoms with E-state index in [0.717, 1.165) is 56.6 Å². The monoisotopic (exact) mass is 449 g/mol. The summed E-state index contributed by atoms with van der Waals surface area (Å²) in [4.78, 5) is 7.02. The summed E-state index contributed by atoms with van der Waals surface area (Å²) in [5.74, 6) is 7.25. The molecule has 0 aromatic carbocycles. The van der Waals surface area contributed by atoms with Gasteiger partial charge in [0.1, 0.15) is 17.1 Å². The highest BCUT2D eigenvalue weighted by Crippen LogP contribution is 2.41. The summed E-state index contributed by atoms with van der Waals surface area (Å²) < 4.78 is 19.9. The molecule has 2 aromatic heterocycles. The highest BCUT2D eigenvalue weighted by atomic mass is 16.7. The van der Waals surface area contributed by atoms with Crippen LogP contribution in [0.25, 0.3) is 11.4 Å². The average molecular weight is 450 g/mol. The van der Waals surface area contributed by atoms with Crippen LogP contribution < -0.4 is 4.74 Å².